The summed E-state index contributed by atoms with van der Waals surface area (Å²) >= 11 is 7.26. The Morgan fingerprint density at radius 2 is 1.76 bits per heavy atom. The number of carbonyl (C=O) groups excluding carboxylic acids is 1. The summed E-state index contributed by atoms with van der Waals surface area (Å²) in [6.07, 6.45) is 0. The number of nitrogens with one attached hydrogen (secondary N) is 1. The molecule has 1 amide bonds. The monoisotopic (exact) mass is 489 g/mol. The number of hydrogen-bond acceptors (Lipinski definition) is 5. The Labute approximate surface area is 204 Å². The Morgan fingerprint density at radius 1 is 1.00 bits per heavy atom. The largest absolute Gasteiger partial charge is 0.325 e. The minimum Gasteiger partial charge on any atom is -0.325 e. The van der Waals surface area contributed by atoms with E-state index >= 15 is 0 Å². The fourth-order valence-electron chi connectivity index (χ4n) is 3.89. The zero-order valence-corrected chi connectivity index (χ0v) is 20.0. The highest BCUT2D eigenvalue weighted by Gasteiger charge is 2.19. The van der Waals surface area contributed by atoms with Crippen LogP contribution in [0, 0.1) is 13.8 Å². The van der Waals surface area contributed by atoms with Gasteiger partial charge in [0.1, 0.15) is 0 Å². The van der Waals surface area contributed by atoms with Crippen molar-refractivity contribution in [3.05, 3.63) is 93.2 Å². The number of rotatable bonds is 5. The van der Waals surface area contributed by atoms with Gasteiger partial charge in [0.15, 0.2) is 5.16 Å². The molecule has 1 N–H and O–H groups in total. The number of carbonyl (C=O) groups is 1. The third kappa shape index (κ3) is 3.95. The molecule has 5 rings (SSSR count). The molecule has 3 aromatic carbocycles. The van der Waals surface area contributed by atoms with Gasteiger partial charge in [0.2, 0.25) is 11.7 Å². The van der Waals surface area contributed by atoms with E-state index in [1.807, 2.05) is 60.7 Å². The molecule has 0 fully saturated rings. The number of aryl methyl sites for hydroxylation is 2. The van der Waals surface area contributed by atoms with Gasteiger partial charge in [-0.1, -0.05) is 53.7 Å². The summed E-state index contributed by atoms with van der Waals surface area (Å²) in [7, 11) is 0. The molecule has 0 aliphatic rings. The molecule has 9 heteroatoms. The molecule has 0 saturated heterocycles. The lowest BCUT2D eigenvalue weighted by molar-refractivity contribution is -0.113. The molecule has 0 atom stereocenters. The number of amides is 1. The maximum atomic E-state index is 13.4. The lowest BCUT2D eigenvalue weighted by atomic mass is 10.2. The Kier molecular flexibility index (Phi) is 5.85. The normalized spacial score (nSPS) is 11.3. The van der Waals surface area contributed by atoms with E-state index in [4.69, 9.17) is 11.6 Å². The van der Waals surface area contributed by atoms with Gasteiger partial charge in [0.25, 0.3) is 5.56 Å². The van der Waals surface area contributed by atoms with Crippen LogP contribution in [0.15, 0.2) is 76.7 Å². The molecule has 170 valence electrons. The molecule has 0 unspecified atom stereocenters. The molecular formula is C25H20ClN5O2S. The predicted molar refractivity (Wildman–Crippen MR) is 136 cm³/mol. The molecule has 2 heterocycles. The second kappa shape index (κ2) is 8.96. The number of nitrogens with zero attached hydrogens (tertiary/aromatic N) is 4. The summed E-state index contributed by atoms with van der Waals surface area (Å²) in [5.41, 5.74) is 3.79. The van der Waals surface area contributed by atoms with Gasteiger partial charge in [-0.25, -0.2) is 4.57 Å². The van der Waals surface area contributed by atoms with E-state index in [1.165, 1.54) is 11.8 Å². The lowest BCUT2D eigenvalue weighted by Crippen LogP contribution is -2.22. The van der Waals surface area contributed by atoms with Crippen LogP contribution in [0.1, 0.15) is 11.1 Å². The molecule has 2 aromatic heterocycles. The van der Waals surface area contributed by atoms with Crippen molar-refractivity contribution in [1.29, 1.82) is 0 Å². The Balaban J connectivity index is 1.55. The van der Waals surface area contributed by atoms with Crippen molar-refractivity contribution in [2.24, 2.45) is 0 Å². The van der Waals surface area contributed by atoms with E-state index in [2.05, 4.69) is 15.5 Å². The average Bonchev–Trinajstić information content (AvgIpc) is 3.25. The third-order valence-electron chi connectivity index (χ3n) is 5.55. The maximum Gasteiger partial charge on any atom is 0.267 e. The minimum atomic E-state index is -0.177. The Morgan fingerprint density at radius 3 is 2.56 bits per heavy atom. The molecule has 0 radical (unpaired) electrons. The third-order valence-corrected chi connectivity index (χ3v) is 6.71. The number of para-hydroxylation sites is 2. The van der Waals surface area contributed by atoms with Crippen LogP contribution in [0.4, 0.5) is 5.69 Å². The van der Waals surface area contributed by atoms with Crippen LogP contribution in [0.5, 0.6) is 0 Å². The molecule has 0 spiro atoms. The van der Waals surface area contributed by atoms with Crippen molar-refractivity contribution in [3.8, 4) is 5.69 Å². The summed E-state index contributed by atoms with van der Waals surface area (Å²) in [4.78, 5) is 26.1. The number of halogens is 1. The van der Waals surface area contributed by atoms with Crippen molar-refractivity contribution in [3.63, 3.8) is 0 Å². The Bertz CT molecular complexity index is 1630. The predicted octanol–water partition coefficient (Wildman–Crippen LogP) is 5.03. The minimum absolute atomic E-state index is 0.126. The van der Waals surface area contributed by atoms with E-state index < -0.39 is 0 Å². The highest BCUT2D eigenvalue weighted by molar-refractivity contribution is 7.99. The average molecular weight is 490 g/mol. The topological polar surface area (TPSA) is 81.3 Å². The van der Waals surface area contributed by atoms with Crippen LogP contribution < -0.4 is 10.9 Å². The van der Waals surface area contributed by atoms with Crippen molar-refractivity contribution < 1.29 is 4.79 Å². The van der Waals surface area contributed by atoms with Crippen LogP contribution in [-0.2, 0) is 4.79 Å². The van der Waals surface area contributed by atoms with Crippen LogP contribution in [0.25, 0.3) is 22.4 Å². The zero-order valence-electron chi connectivity index (χ0n) is 18.4. The van der Waals surface area contributed by atoms with E-state index in [0.29, 0.717) is 32.5 Å². The number of aromatic nitrogens is 4. The summed E-state index contributed by atoms with van der Waals surface area (Å²) in [5, 5.41) is 13.3. The van der Waals surface area contributed by atoms with E-state index in [-0.39, 0.29) is 17.2 Å². The zero-order chi connectivity index (χ0) is 23.8. The SMILES string of the molecule is Cc1cc(Cl)ccc1NC(=O)CSc1nnc2n(-c3ccccc3C)c(=O)c3ccccc3n12. The molecule has 34 heavy (non-hydrogen) atoms. The van der Waals surface area contributed by atoms with Gasteiger partial charge in [-0.2, -0.15) is 0 Å². The molecular weight excluding hydrogens is 470 g/mol. The van der Waals surface area contributed by atoms with Gasteiger partial charge < -0.3 is 5.32 Å². The van der Waals surface area contributed by atoms with Gasteiger partial charge in [0, 0.05) is 10.7 Å². The van der Waals surface area contributed by atoms with Crippen LogP contribution in [0.2, 0.25) is 5.02 Å². The second-order valence-electron chi connectivity index (χ2n) is 7.86. The van der Waals surface area contributed by atoms with E-state index in [0.717, 1.165) is 16.8 Å². The van der Waals surface area contributed by atoms with Crippen LogP contribution in [0.3, 0.4) is 0 Å². The number of fused-ring (bicyclic) bond motifs is 3. The second-order valence-corrected chi connectivity index (χ2v) is 9.24. The number of anilines is 1. The highest BCUT2D eigenvalue weighted by Crippen LogP contribution is 2.25. The number of thioether (sulfide) groups is 1. The highest BCUT2D eigenvalue weighted by atomic mass is 35.5. The lowest BCUT2D eigenvalue weighted by Gasteiger charge is -2.13. The first-order valence-corrected chi connectivity index (χ1v) is 11.9. The fourth-order valence-corrected chi connectivity index (χ4v) is 4.85. The quantitative estimate of drug-likeness (QED) is 0.350. The summed E-state index contributed by atoms with van der Waals surface area (Å²) in [5.74, 6) is 0.346. The molecule has 0 aliphatic carbocycles. The van der Waals surface area contributed by atoms with E-state index in [9.17, 15) is 9.59 Å². The molecule has 7 nitrogen and oxygen atoms in total. The first-order valence-electron chi connectivity index (χ1n) is 10.6. The van der Waals surface area contributed by atoms with Crippen molar-refractivity contribution in [2.45, 2.75) is 19.0 Å². The van der Waals surface area contributed by atoms with Gasteiger partial charge in [-0.3, -0.25) is 14.0 Å². The first kappa shape index (κ1) is 22.2. The van der Waals surface area contributed by atoms with E-state index in [1.54, 1.807) is 28.8 Å². The molecule has 0 bridgehead atoms. The van der Waals surface area contributed by atoms with Crippen molar-refractivity contribution in [1.82, 2.24) is 19.2 Å². The van der Waals surface area contributed by atoms with Gasteiger partial charge in [-0.15, -0.1) is 10.2 Å². The van der Waals surface area contributed by atoms with Gasteiger partial charge in [0.05, 0.1) is 22.3 Å². The number of hydrogen-bond donors (Lipinski definition) is 1. The van der Waals surface area contributed by atoms with Crippen molar-refractivity contribution in [2.75, 3.05) is 11.1 Å². The fraction of sp³-hybridized carbons (Fsp3) is 0.120. The number of benzene rings is 3. The van der Waals surface area contributed by atoms with Crippen molar-refractivity contribution >= 4 is 51.6 Å². The maximum absolute atomic E-state index is 13.4. The molecule has 0 saturated carbocycles. The van der Waals surface area contributed by atoms with Gasteiger partial charge >= 0.3 is 0 Å². The Hall–Kier alpha value is -3.62. The van der Waals surface area contributed by atoms with Crippen LogP contribution in [-0.4, -0.2) is 30.8 Å². The van der Waals surface area contributed by atoms with Crippen LogP contribution >= 0.6 is 23.4 Å². The summed E-state index contributed by atoms with van der Waals surface area (Å²) in [6.45, 7) is 3.83. The smallest absolute Gasteiger partial charge is 0.267 e. The first-order chi connectivity index (χ1) is 16.4. The van der Waals surface area contributed by atoms with Gasteiger partial charge in [-0.05, 0) is 61.4 Å². The summed E-state index contributed by atoms with van der Waals surface area (Å²) in [6, 6.07) is 20.3. The molecule has 0 aliphatic heterocycles. The molecule has 5 aromatic rings. The standard InChI is InChI=1S/C25H20ClN5O2S/c1-15-7-3-5-9-20(15)30-23(33)18-8-4-6-10-21(18)31-24(30)28-29-25(31)34-14-22(32)27-19-12-11-17(26)13-16(19)2/h3-13H,14H2,1-2H3,(H,27,32). The summed E-state index contributed by atoms with van der Waals surface area (Å²) < 4.78 is 3.40.